The van der Waals surface area contributed by atoms with E-state index in [4.69, 9.17) is 10.7 Å². The van der Waals surface area contributed by atoms with Gasteiger partial charge in [0.05, 0.1) is 0 Å². The number of fused-ring (bicyclic) bond motifs is 1. The molecule has 3 aromatic heterocycles. The van der Waals surface area contributed by atoms with Crippen molar-refractivity contribution >= 4 is 29.0 Å². The minimum absolute atomic E-state index is 0.0276. The van der Waals surface area contributed by atoms with Crippen LogP contribution in [-0.4, -0.2) is 54.6 Å². The lowest BCUT2D eigenvalue weighted by Gasteiger charge is -2.43. The number of benzene rings is 1. The van der Waals surface area contributed by atoms with Crippen LogP contribution in [0.15, 0.2) is 61.1 Å². The highest BCUT2D eigenvalue weighted by Crippen LogP contribution is 2.44. The molecule has 0 radical (unpaired) electrons. The average molecular weight is 546 g/mol. The van der Waals surface area contributed by atoms with Gasteiger partial charge in [-0.25, -0.2) is 23.7 Å². The Kier molecular flexibility index (Phi) is 6.44. The Hall–Kier alpha value is -4.41. The van der Waals surface area contributed by atoms with E-state index in [-0.39, 0.29) is 36.6 Å². The van der Waals surface area contributed by atoms with Gasteiger partial charge in [0.1, 0.15) is 28.7 Å². The van der Waals surface area contributed by atoms with Gasteiger partial charge in [-0.3, -0.25) is 14.0 Å². The molecule has 6 rings (SSSR count). The van der Waals surface area contributed by atoms with Gasteiger partial charge in [0.25, 0.3) is 5.91 Å². The lowest BCUT2D eigenvalue weighted by Crippen LogP contribution is -2.52. The largest absolute Gasteiger partial charge is 0.382 e. The predicted octanol–water partition coefficient (Wildman–Crippen LogP) is 4.77. The van der Waals surface area contributed by atoms with Crippen LogP contribution in [0, 0.1) is 5.92 Å². The van der Waals surface area contributed by atoms with Gasteiger partial charge in [-0.05, 0) is 44.0 Å². The van der Waals surface area contributed by atoms with Gasteiger partial charge < -0.3 is 16.0 Å². The predicted molar refractivity (Wildman–Crippen MR) is 146 cm³/mol. The molecule has 1 saturated heterocycles. The van der Waals surface area contributed by atoms with Gasteiger partial charge in [0.2, 0.25) is 11.8 Å². The zero-order chi connectivity index (χ0) is 28.0. The Morgan fingerprint density at radius 1 is 1.05 bits per heavy atom. The molecule has 3 N–H and O–H groups in total. The standard InChI is InChI=1S/C29H29F2N7O2/c1-17-5-6-20(16-38(17)28(40)21-14-29(30,31)15-21)26-36-23(24-25(32)34-12-13-37(24)26)18-7-9-19(10-8-18)27(39)35-22-4-2-3-11-33-22/h2-4,7-13,17,20-21H,5-6,14-16H2,1H3,(H2,32,34)(H,33,35,39)/t17-,20+/m0/s1. The highest BCUT2D eigenvalue weighted by Gasteiger charge is 2.50. The topological polar surface area (TPSA) is 119 Å². The third kappa shape index (κ3) is 4.76. The van der Waals surface area contributed by atoms with E-state index in [1.54, 1.807) is 66.0 Å². The number of rotatable bonds is 5. The average Bonchev–Trinajstić information content (AvgIpc) is 3.33. The molecule has 4 heterocycles. The maximum absolute atomic E-state index is 13.5. The Balaban J connectivity index is 1.28. The number of nitrogens with two attached hydrogens (primary N) is 1. The van der Waals surface area contributed by atoms with E-state index in [1.807, 2.05) is 11.3 Å². The van der Waals surface area contributed by atoms with Gasteiger partial charge in [0.15, 0.2) is 0 Å². The Morgan fingerprint density at radius 2 is 1.82 bits per heavy atom. The van der Waals surface area contributed by atoms with Crippen molar-refractivity contribution in [2.45, 2.75) is 50.5 Å². The Labute approximate surface area is 229 Å². The summed E-state index contributed by atoms with van der Waals surface area (Å²) < 4.78 is 28.8. The maximum atomic E-state index is 13.5. The number of hydrogen-bond donors (Lipinski definition) is 2. The van der Waals surface area contributed by atoms with E-state index < -0.39 is 11.8 Å². The quantitative estimate of drug-likeness (QED) is 0.373. The van der Waals surface area contributed by atoms with Crippen molar-refractivity contribution in [3.8, 4) is 11.3 Å². The molecule has 2 aliphatic rings. The molecule has 206 valence electrons. The monoisotopic (exact) mass is 545 g/mol. The number of anilines is 2. The molecule has 0 unspecified atom stereocenters. The van der Waals surface area contributed by atoms with Gasteiger partial charge in [-0.1, -0.05) is 18.2 Å². The van der Waals surface area contributed by atoms with Crippen LogP contribution in [0.4, 0.5) is 20.4 Å². The second-order valence-corrected chi connectivity index (χ2v) is 10.7. The number of nitrogen functional groups attached to an aromatic ring is 1. The molecule has 0 bridgehead atoms. The number of halogens is 2. The number of hydrogen-bond acceptors (Lipinski definition) is 6. The molecule has 1 aromatic carbocycles. The maximum Gasteiger partial charge on any atom is 0.256 e. The Bertz CT molecular complexity index is 1560. The number of alkyl halides is 2. The molecular weight excluding hydrogens is 516 g/mol. The van der Waals surface area contributed by atoms with E-state index in [0.717, 1.165) is 24.2 Å². The van der Waals surface area contributed by atoms with E-state index in [1.165, 1.54) is 0 Å². The van der Waals surface area contributed by atoms with E-state index in [2.05, 4.69) is 15.3 Å². The van der Waals surface area contributed by atoms with E-state index in [9.17, 15) is 18.4 Å². The molecule has 11 heteroatoms. The molecule has 4 aromatic rings. The second kappa shape index (κ2) is 9.96. The summed E-state index contributed by atoms with van der Waals surface area (Å²) in [5.74, 6) is -2.46. The van der Waals surface area contributed by atoms with Gasteiger partial charge in [-0.15, -0.1) is 0 Å². The first-order valence-electron chi connectivity index (χ1n) is 13.3. The van der Waals surface area contributed by atoms with Crippen LogP contribution < -0.4 is 11.1 Å². The SMILES string of the molecule is C[C@H]1CC[C@@H](c2nc(-c3ccc(C(=O)Nc4ccccn4)cc3)c3c(N)nccn23)CN1C(=O)C1CC(F)(F)C1. The fourth-order valence-corrected chi connectivity index (χ4v) is 5.68. The molecule has 2 fully saturated rings. The van der Waals surface area contributed by atoms with Crippen molar-refractivity contribution in [2.75, 3.05) is 17.6 Å². The normalized spacial score (nSPS) is 20.7. The van der Waals surface area contributed by atoms with E-state index >= 15 is 0 Å². The van der Waals surface area contributed by atoms with Gasteiger partial charge >= 0.3 is 0 Å². The summed E-state index contributed by atoms with van der Waals surface area (Å²) in [5.41, 5.74) is 8.78. The van der Waals surface area contributed by atoms with Crippen LogP contribution in [0.25, 0.3) is 16.8 Å². The number of aromatic nitrogens is 4. The number of nitrogens with one attached hydrogen (secondary N) is 1. The second-order valence-electron chi connectivity index (χ2n) is 10.7. The first kappa shape index (κ1) is 25.8. The number of imidazole rings is 1. The zero-order valence-electron chi connectivity index (χ0n) is 21.9. The first-order chi connectivity index (χ1) is 19.2. The van der Waals surface area contributed by atoms with Crippen LogP contribution in [0.3, 0.4) is 0 Å². The number of likely N-dealkylation sites (tertiary alicyclic amines) is 1. The number of nitrogens with zero attached hydrogens (tertiary/aromatic N) is 5. The third-order valence-corrected chi connectivity index (χ3v) is 7.91. The minimum atomic E-state index is -2.74. The molecule has 40 heavy (non-hydrogen) atoms. The molecule has 1 aliphatic carbocycles. The number of piperidine rings is 1. The highest BCUT2D eigenvalue weighted by molar-refractivity contribution is 6.04. The zero-order valence-corrected chi connectivity index (χ0v) is 21.9. The molecule has 2 atom stereocenters. The lowest BCUT2D eigenvalue weighted by molar-refractivity contribution is -0.163. The summed E-state index contributed by atoms with van der Waals surface area (Å²) in [6.45, 7) is 2.36. The number of pyridine rings is 1. The first-order valence-corrected chi connectivity index (χ1v) is 13.3. The smallest absolute Gasteiger partial charge is 0.256 e. The van der Waals surface area contributed by atoms with E-state index in [0.29, 0.717) is 35.0 Å². The van der Waals surface area contributed by atoms with Crippen molar-refractivity contribution in [1.82, 2.24) is 24.3 Å². The molecular formula is C29H29F2N7O2. The van der Waals surface area contributed by atoms with Crippen molar-refractivity contribution in [3.63, 3.8) is 0 Å². The summed E-state index contributed by atoms with van der Waals surface area (Å²) >= 11 is 0. The molecule has 9 nitrogen and oxygen atoms in total. The molecule has 2 amide bonds. The van der Waals surface area contributed by atoms with Crippen molar-refractivity contribution in [2.24, 2.45) is 5.92 Å². The summed E-state index contributed by atoms with van der Waals surface area (Å²) in [6, 6.07) is 12.3. The van der Waals surface area contributed by atoms with Crippen molar-refractivity contribution in [1.29, 1.82) is 0 Å². The highest BCUT2D eigenvalue weighted by atomic mass is 19.3. The fraction of sp³-hybridized carbons (Fsp3) is 0.345. The van der Waals surface area contributed by atoms with Crippen LogP contribution in [0.5, 0.6) is 0 Å². The van der Waals surface area contributed by atoms with Gasteiger partial charge in [-0.2, -0.15) is 0 Å². The lowest BCUT2D eigenvalue weighted by atomic mass is 9.79. The number of amides is 2. The van der Waals surface area contributed by atoms with Crippen LogP contribution in [0.2, 0.25) is 0 Å². The summed E-state index contributed by atoms with van der Waals surface area (Å²) in [4.78, 5) is 40.9. The molecule has 1 saturated carbocycles. The van der Waals surface area contributed by atoms with Gasteiger partial charge in [0, 0.05) is 67.0 Å². The van der Waals surface area contributed by atoms with Crippen LogP contribution in [-0.2, 0) is 4.79 Å². The van der Waals surface area contributed by atoms with Crippen LogP contribution >= 0.6 is 0 Å². The molecule has 0 spiro atoms. The van der Waals surface area contributed by atoms with Crippen LogP contribution in [0.1, 0.15) is 54.7 Å². The summed E-state index contributed by atoms with van der Waals surface area (Å²) in [6.07, 6.45) is 5.77. The number of carbonyl (C=O) groups is 2. The van der Waals surface area contributed by atoms with Crippen molar-refractivity contribution < 1.29 is 18.4 Å². The Morgan fingerprint density at radius 3 is 2.52 bits per heavy atom. The minimum Gasteiger partial charge on any atom is -0.382 e. The number of carbonyl (C=O) groups excluding carboxylic acids is 2. The summed E-state index contributed by atoms with van der Waals surface area (Å²) in [5, 5.41) is 2.77. The summed E-state index contributed by atoms with van der Waals surface area (Å²) in [7, 11) is 0. The fourth-order valence-electron chi connectivity index (χ4n) is 5.68. The third-order valence-electron chi connectivity index (χ3n) is 7.91. The molecule has 1 aliphatic heterocycles. The van der Waals surface area contributed by atoms with Crippen molar-refractivity contribution in [3.05, 3.63) is 72.4 Å².